The molecule has 1 aliphatic carbocycles. The van der Waals surface area contributed by atoms with Crippen molar-refractivity contribution in [2.24, 2.45) is 5.73 Å². The zero-order valence-corrected chi connectivity index (χ0v) is 21.1. The number of nitrogens with two attached hydrogens (primary N) is 1. The molecule has 0 amide bonds. The summed E-state index contributed by atoms with van der Waals surface area (Å²) in [6.45, 7) is 0. The molecule has 2 aromatic carbocycles. The number of benzene rings is 2. The highest BCUT2D eigenvalue weighted by molar-refractivity contribution is 7.92. The number of hydrogen-bond donors (Lipinski definition) is 3. The zero-order valence-electron chi connectivity index (χ0n) is 19.6. The Hall–Kier alpha value is -2.88. The molecule has 4 rings (SSSR count). The maximum Gasteiger partial charge on any atom is 0.263 e. The average Bonchev–Trinajstić information content (AvgIpc) is 2.85. The highest BCUT2D eigenvalue weighted by Gasteiger charge is 2.20. The molecule has 0 radical (unpaired) electrons. The molecule has 0 atom stereocenters. The van der Waals surface area contributed by atoms with Crippen molar-refractivity contribution in [3.8, 4) is 5.75 Å². The van der Waals surface area contributed by atoms with Crippen molar-refractivity contribution in [2.45, 2.75) is 55.5 Å². The van der Waals surface area contributed by atoms with E-state index >= 15 is 0 Å². The Morgan fingerprint density at radius 2 is 1.77 bits per heavy atom. The summed E-state index contributed by atoms with van der Waals surface area (Å²) < 4.78 is 33.5. The van der Waals surface area contributed by atoms with Crippen LogP contribution < -0.4 is 20.5 Å². The number of hydrogen-bond acceptors (Lipinski definition) is 7. The molecule has 0 bridgehead atoms. The van der Waals surface area contributed by atoms with E-state index in [1.165, 1.54) is 12.1 Å². The van der Waals surface area contributed by atoms with Crippen molar-refractivity contribution in [3.05, 3.63) is 71.0 Å². The molecule has 0 unspecified atom stereocenters. The Morgan fingerprint density at radius 3 is 2.46 bits per heavy atom. The second kappa shape index (κ2) is 11.2. The Morgan fingerprint density at radius 1 is 1.06 bits per heavy atom. The summed E-state index contributed by atoms with van der Waals surface area (Å²) in [5.41, 5.74) is 8.33. The van der Waals surface area contributed by atoms with Crippen LogP contribution in [0.2, 0.25) is 5.02 Å². The standard InChI is InChI=1S/C25H30ClN5O3S/c1-34-23-14-21(31-35(32,33)24-5-3-2-4-22(24)26)11-8-18(23)7-6-17-15-28-25(29-16-17)30-20-12-9-19(27)10-13-20/h2-5,8,11,14-16,19-20,31H,6-7,9-10,12-13,27H2,1H3,(H,28,29,30). The molecule has 0 spiro atoms. The van der Waals surface area contributed by atoms with Gasteiger partial charge in [0.15, 0.2) is 0 Å². The van der Waals surface area contributed by atoms with Crippen LogP contribution in [0.5, 0.6) is 5.75 Å². The average molecular weight is 516 g/mol. The first-order valence-corrected chi connectivity index (χ1v) is 13.5. The number of sulfonamides is 1. The van der Waals surface area contributed by atoms with E-state index < -0.39 is 10.0 Å². The van der Waals surface area contributed by atoms with Crippen LogP contribution in [0.4, 0.5) is 11.6 Å². The minimum absolute atomic E-state index is 0.0229. The van der Waals surface area contributed by atoms with E-state index in [-0.39, 0.29) is 9.92 Å². The van der Waals surface area contributed by atoms with Gasteiger partial charge in [-0.25, -0.2) is 18.4 Å². The smallest absolute Gasteiger partial charge is 0.263 e. The lowest BCUT2D eigenvalue weighted by atomic mass is 9.92. The maximum atomic E-state index is 12.7. The van der Waals surface area contributed by atoms with Gasteiger partial charge in [-0.1, -0.05) is 29.8 Å². The van der Waals surface area contributed by atoms with Gasteiger partial charge in [0, 0.05) is 30.5 Å². The lowest BCUT2D eigenvalue weighted by Gasteiger charge is -2.26. The van der Waals surface area contributed by atoms with Crippen LogP contribution in [0.1, 0.15) is 36.8 Å². The fraction of sp³-hybridized carbons (Fsp3) is 0.360. The van der Waals surface area contributed by atoms with Crippen molar-refractivity contribution in [3.63, 3.8) is 0 Å². The first-order chi connectivity index (χ1) is 16.8. The van der Waals surface area contributed by atoms with Gasteiger partial charge < -0.3 is 15.8 Å². The molecule has 1 saturated carbocycles. The highest BCUT2D eigenvalue weighted by Crippen LogP contribution is 2.28. The van der Waals surface area contributed by atoms with E-state index in [0.717, 1.165) is 43.2 Å². The highest BCUT2D eigenvalue weighted by atomic mass is 35.5. The molecule has 1 aliphatic rings. The number of aryl methyl sites for hydroxylation is 2. The molecule has 3 aromatic rings. The summed E-state index contributed by atoms with van der Waals surface area (Å²) in [4.78, 5) is 8.95. The van der Waals surface area contributed by atoms with Crippen LogP contribution in [-0.4, -0.2) is 37.6 Å². The molecule has 1 fully saturated rings. The molecular formula is C25H30ClN5O3S. The summed E-state index contributed by atoms with van der Waals surface area (Å²) >= 11 is 6.06. The lowest BCUT2D eigenvalue weighted by Crippen LogP contribution is -2.33. The van der Waals surface area contributed by atoms with Gasteiger partial charge in [-0.15, -0.1) is 0 Å². The first-order valence-electron chi connectivity index (χ1n) is 11.6. The normalized spacial score (nSPS) is 18.1. The zero-order chi connectivity index (χ0) is 24.8. The van der Waals surface area contributed by atoms with E-state index in [0.29, 0.717) is 35.9 Å². The molecule has 35 heavy (non-hydrogen) atoms. The molecule has 186 valence electrons. The molecule has 10 heteroatoms. The topological polar surface area (TPSA) is 119 Å². The van der Waals surface area contributed by atoms with Crippen molar-refractivity contribution in [1.82, 2.24) is 9.97 Å². The van der Waals surface area contributed by atoms with E-state index in [9.17, 15) is 8.42 Å². The Bertz CT molecular complexity index is 1250. The minimum Gasteiger partial charge on any atom is -0.496 e. The first kappa shape index (κ1) is 25.2. The Balaban J connectivity index is 1.37. The fourth-order valence-electron chi connectivity index (χ4n) is 4.17. The Kier molecular flexibility index (Phi) is 8.10. The number of ether oxygens (including phenoxy) is 1. The van der Waals surface area contributed by atoms with Crippen molar-refractivity contribution in [1.29, 1.82) is 0 Å². The van der Waals surface area contributed by atoms with Gasteiger partial charge in [0.1, 0.15) is 10.6 Å². The summed E-state index contributed by atoms with van der Waals surface area (Å²) in [5.74, 6) is 1.24. The predicted octanol–water partition coefficient (Wildman–Crippen LogP) is 4.41. The van der Waals surface area contributed by atoms with E-state index in [1.807, 2.05) is 18.5 Å². The number of nitrogens with one attached hydrogen (secondary N) is 2. The van der Waals surface area contributed by atoms with E-state index in [4.69, 9.17) is 22.1 Å². The SMILES string of the molecule is COc1cc(NS(=O)(=O)c2ccccc2Cl)ccc1CCc1cnc(NC2CCC(N)CC2)nc1. The largest absolute Gasteiger partial charge is 0.496 e. The molecule has 0 saturated heterocycles. The summed E-state index contributed by atoms with van der Waals surface area (Å²) in [5, 5.41) is 3.56. The number of rotatable bonds is 9. The van der Waals surface area contributed by atoms with Crippen LogP contribution in [0.15, 0.2) is 59.8 Å². The number of nitrogens with zero attached hydrogens (tertiary/aromatic N) is 2. The number of halogens is 1. The second-order valence-corrected chi connectivity index (χ2v) is 10.8. The lowest BCUT2D eigenvalue weighted by molar-refractivity contribution is 0.409. The van der Waals surface area contributed by atoms with E-state index in [1.54, 1.807) is 31.4 Å². The van der Waals surface area contributed by atoms with Gasteiger partial charge in [-0.05, 0) is 67.9 Å². The minimum atomic E-state index is -3.82. The van der Waals surface area contributed by atoms with Crippen LogP contribution >= 0.6 is 11.6 Å². The van der Waals surface area contributed by atoms with E-state index in [2.05, 4.69) is 20.0 Å². The molecule has 1 aromatic heterocycles. The van der Waals surface area contributed by atoms with Gasteiger partial charge in [0.05, 0.1) is 17.8 Å². The number of anilines is 2. The predicted molar refractivity (Wildman–Crippen MR) is 139 cm³/mol. The van der Waals surface area contributed by atoms with Gasteiger partial charge in [0.2, 0.25) is 5.95 Å². The summed E-state index contributed by atoms with van der Waals surface area (Å²) in [7, 11) is -2.26. The van der Waals surface area contributed by atoms with Gasteiger partial charge in [0.25, 0.3) is 10.0 Å². The quantitative estimate of drug-likeness (QED) is 0.386. The van der Waals surface area contributed by atoms with Crippen LogP contribution in [0.3, 0.4) is 0 Å². The summed E-state index contributed by atoms with van der Waals surface area (Å²) in [6, 6.07) is 12.2. The van der Waals surface area contributed by atoms with Crippen LogP contribution in [0.25, 0.3) is 0 Å². The molecular weight excluding hydrogens is 486 g/mol. The second-order valence-electron chi connectivity index (χ2n) is 8.73. The number of aromatic nitrogens is 2. The van der Waals surface area contributed by atoms with Gasteiger partial charge in [-0.3, -0.25) is 4.72 Å². The molecule has 1 heterocycles. The third-order valence-electron chi connectivity index (χ3n) is 6.16. The monoisotopic (exact) mass is 515 g/mol. The van der Waals surface area contributed by atoms with Crippen molar-refractivity contribution >= 4 is 33.3 Å². The van der Waals surface area contributed by atoms with Crippen LogP contribution in [0, 0.1) is 0 Å². The summed E-state index contributed by atoms with van der Waals surface area (Å²) in [6.07, 6.45) is 9.21. The van der Waals surface area contributed by atoms with Crippen molar-refractivity contribution in [2.75, 3.05) is 17.1 Å². The molecule has 4 N–H and O–H groups in total. The van der Waals surface area contributed by atoms with Crippen molar-refractivity contribution < 1.29 is 13.2 Å². The molecule has 0 aliphatic heterocycles. The van der Waals surface area contributed by atoms with Gasteiger partial charge in [-0.2, -0.15) is 0 Å². The molecule has 8 nitrogen and oxygen atoms in total. The maximum absolute atomic E-state index is 12.7. The third kappa shape index (κ3) is 6.62. The van der Waals surface area contributed by atoms with Crippen LogP contribution in [-0.2, 0) is 22.9 Å². The third-order valence-corrected chi connectivity index (χ3v) is 8.04. The number of methoxy groups -OCH3 is 1. The fourth-order valence-corrected chi connectivity index (χ4v) is 5.74. The van der Waals surface area contributed by atoms with Gasteiger partial charge >= 0.3 is 0 Å². The Labute approximate surface area is 211 Å².